The van der Waals surface area contributed by atoms with E-state index in [0.29, 0.717) is 30.1 Å². The number of hydrogen-bond acceptors (Lipinski definition) is 3. The minimum atomic E-state index is -0.977. The second-order valence-corrected chi connectivity index (χ2v) is 6.51. The fraction of sp³-hybridized carbons (Fsp3) is 0.263. The average molecular weight is 359 g/mol. The lowest BCUT2D eigenvalue weighted by molar-refractivity contribution is -0.134. The molecule has 2 amide bonds. The summed E-state index contributed by atoms with van der Waals surface area (Å²) < 4.78 is 5.11. The van der Waals surface area contributed by atoms with Crippen molar-refractivity contribution < 1.29 is 14.3 Å². The lowest BCUT2D eigenvalue weighted by atomic mass is 10.0. The molecule has 0 aliphatic heterocycles. The third-order valence-electron chi connectivity index (χ3n) is 4.31. The summed E-state index contributed by atoms with van der Waals surface area (Å²) >= 11 is 5.92. The van der Waals surface area contributed by atoms with Crippen LogP contribution in [0.25, 0.3) is 0 Å². The molecule has 25 heavy (non-hydrogen) atoms. The Balaban J connectivity index is 1.59. The van der Waals surface area contributed by atoms with Gasteiger partial charge in [-0.05, 0) is 48.7 Å². The Kier molecular flexibility index (Phi) is 4.95. The van der Waals surface area contributed by atoms with Crippen LogP contribution in [0.4, 0.5) is 5.69 Å². The largest absolute Gasteiger partial charge is 0.497 e. The molecule has 0 radical (unpaired) electrons. The van der Waals surface area contributed by atoms with E-state index in [0.717, 1.165) is 11.3 Å². The molecule has 2 aromatic carbocycles. The Morgan fingerprint density at radius 1 is 1.12 bits per heavy atom. The molecule has 0 spiro atoms. The molecule has 2 aromatic rings. The standard InChI is InChI=1S/C19H19ClN2O3/c1-25-16-7-5-13(6-8-16)12-21-17(23)19(9-10-19)18(24)22-15-4-2-3-14(20)11-15/h2-8,11H,9-10,12H2,1H3,(H,21,23)(H,22,24). The highest BCUT2D eigenvalue weighted by Gasteiger charge is 2.56. The van der Waals surface area contributed by atoms with Gasteiger partial charge in [-0.15, -0.1) is 0 Å². The highest BCUT2D eigenvalue weighted by Crippen LogP contribution is 2.47. The van der Waals surface area contributed by atoms with Crippen LogP contribution < -0.4 is 15.4 Å². The van der Waals surface area contributed by atoms with Crippen LogP contribution in [0.1, 0.15) is 18.4 Å². The number of amides is 2. The second-order valence-electron chi connectivity index (χ2n) is 6.08. The normalized spacial score (nSPS) is 14.5. The lowest BCUT2D eigenvalue weighted by Gasteiger charge is -2.15. The van der Waals surface area contributed by atoms with Gasteiger partial charge in [0.25, 0.3) is 0 Å². The quantitative estimate of drug-likeness (QED) is 0.778. The number of ether oxygens (including phenoxy) is 1. The lowest BCUT2D eigenvalue weighted by Crippen LogP contribution is -2.39. The Labute approximate surface area is 151 Å². The average Bonchev–Trinajstić information content (AvgIpc) is 3.42. The van der Waals surface area contributed by atoms with Crippen molar-refractivity contribution in [3.05, 3.63) is 59.1 Å². The number of methoxy groups -OCH3 is 1. The summed E-state index contributed by atoms with van der Waals surface area (Å²) in [7, 11) is 1.60. The Morgan fingerprint density at radius 3 is 2.44 bits per heavy atom. The Morgan fingerprint density at radius 2 is 1.84 bits per heavy atom. The minimum Gasteiger partial charge on any atom is -0.497 e. The molecule has 0 bridgehead atoms. The van der Waals surface area contributed by atoms with Crippen LogP contribution >= 0.6 is 11.6 Å². The summed E-state index contributed by atoms with van der Waals surface area (Å²) in [4.78, 5) is 25.0. The van der Waals surface area contributed by atoms with Crippen LogP contribution in [-0.2, 0) is 16.1 Å². The first-order chi connectivity index (χ1) is 12.0. The molecular weight excluding hydrogens is 340 g/mol. The molecule has 0 unspecified atom stereocenters. The minimum absolute atomic E-state index is 0.247. The van der Waals surface area contributed by atoms with E-state index >= 15 is 0 Å². The fourth-order valence-electron chi connectivity index (χ4n) is 2.59. The maximum absolute atomic E-state index is 12.5. The van der Waals surface area contributed by atoms with Crippen molar-refractivity contribution in [2.45, 2.75) is 19.4 Å². The van der Waals surface area contributed by atoms with Gasteiger partial charge in [-0.25, -0.2) is 0 Å². The van der Waals surface area contributed by atoms with Gasteiger partial charge in [0.05, 0.1) is 7.11 Å². The summed E-state index contributed by atoms with van der Waals surface area (Å²) in [6, 6.07) is 14.3. The molecule has 2 N–H and O–H groups in total. The number of nitrogens with one attached hydrogen (secondary N) is 2. The first kappa shape index (κ1) is 17.3. The molecule has 1 saturated carbocycles. The Bertz CT molecular complexity index is 786. The molecule has 6 heteroatoms. The third-order valence-corrected chi connectivity index (χ3v) is 4.55. The van der Waals surface area contributed by atoms with Gasteiger partial charge < -0.3 is 15.4 Å². The van der Waals surface area contributed by atoms with E-state index in [1.807, 2.05) is 24.3 Å². The number of rotatable bonds is 6. The van der Waals surface area contributed by atoms with Crippen LogP contribution in [0.15, 0.2) is 48.5 Å². The fourth-order valence-corrected chi connectivity index (χ4v) is 2.78. The topological polar surface area (TPSA) is 67.4 Å². The van der Waals surface area contributed by atoms with Crippen LogP contribution in [0, 0.1) is 5.41 Å². The molecule has 0 atom stereocenters. The molecular formula is C19H19ClN2O3. The first-order valence-electron chi connectivity index (χ1n) is 8.02. The van der Waals surface area contributed by atoms with Crippen molar-refractivity contribution >= 4 is 29.1 Å². The van der Waals surface area contributed by atoms with Gasteiger partial charge >= 0.3 is 0 Å². The Hall–Kier alpha value is -2.53. The number of hydrogen-bond donors (Lipinski definition) is 2. The molecule has 0 heterocycles. The van der Waals surface area contributed by atoms with E-state index in [2.05, 4.69) is 10.6 Å². The predicted molar refractivity (Wildman–Crippen MR) is 96.6 cm³/mol. The SMILES string of the molecule is COc1ccc(CNC(=O)C2(C(=O)Nc3cccc(Cl)c3)CC2)cc1. The molecule has 1 aliphatic rings. The van der Waals surface area contributed by atoms with Gasteiger partial charge in [-0.2, -0.15) is 0 Å². The number of benzene rings is 2. The van der Waals surface area contributed by atoms with Gasteiger partial charge in [-0.1, -0.05) is 29.8 Å². The van der Waals surface area contributed by atoms with E-state index in [1.165, 1.54) is 0 Å². The van der Waals surface area contributed by atoms with Crippen LogP contribution in [-0.4, -0.2) is 18.9 Å². The van der Waals surface area contributed by atoms with Crippen molar-refractivity contribution in [1.82, 2.24) is 5.32 Å². The summed E-state index contributed by atoms with van der Waals surface area (Å²) in [5.41, 5.74) is 0.557. The maximum Gasteiger partial charge on any atom is 0.240 e. The van der Waals surface area contributed by atoms with Gasteiger partial charge in [0.1, 0.15) is 11.2 Å². The zero-order valence-electron chi connectivity index (χ0n) is 13.8. The van der Waals surface area contributed by atoms with Crippen LogP contribution in [0.3, 0.4) is 0 Å². The summed E-state index contributed by atoms with van der Waals surface area (Å²) in [5, 5.41) is 6.16. The van der Waals surface area contributed by atoms with E-state index in [9.17, 15) is 9.59 Å². The number of carbonyl (C=O) groups excluding carboxylic acids is 2. The van der Waals surface area contributed by atoms with Crippen molar-refractivity contribution in [2.75, 3.05) is 12.4 Å². The summed E-state index contributed by atoms with van der Waals surface area (Å²) in [6.07, 6.45) is 1.10. The monoisotopic (exact) mass is 358 g/mol. The smallest absolute Gasteiger partial charge is 0.240 e. The van der Waals surface area contributed by atoms with Gasteiger partial charge in [0.15, 0.2) is 0 Å². The first-order valence-corrected chi connectivity index (χ1v) is 8.39. The molecule has 130 valence electrons. The second kappa shape index (κ2) is 7.15. The highest BCUT2D eigenvalue weighted by molar-refractivity contribution is 6.31. The van der Waals surface area contributed by atoms with Crippen LogP contribution in [0.2, 0.25) is 5.02 Å². The predicted octanol–water partition coefficient (Wildman–Crippen LogP) is 3.38. The number of anilines is 1. The molecule has 1 aliphatic carbocycles. The summed E-state index contributed by atoms with van der Waals surface area (Å²) in [5.74, 6) is 0.222. The van der Waals surface area contributed by atoms with E-state index in [-0.39, 0.29) is 11.8 Å². The van der Waals surface area contributed by atoms with Gasteiger partial charge in [-0.3, -0.25) is 9.59 Å². The summed E-state index contributed by atoms with van der Waals surface area (Å²) in [6.45, 7) is 0.370. The van der Waals surface area contributed by atoms with Crippen molar-refractivity contribution in [2.24, 2.45) is 5.41 Å². The molecule has 0 aromatic heterocycles. The molecule has 0 saturated heterocycles. The van der Waals surface area contributed by atoms with Crippen LogP contribution in [0.5, 0.6) is 5.75 Å². The molecule has 1 fully saturated rings. The number of carbonyl (C=O) groups is 2. The number of halogens is 1. The zero-order valence-corrected chi connectivity index (χ0v) is 14.6. The highest BCUT2D eigenvalue weighted by atomic mass is 35.5. The maximum atomic E-state index is 12.5. The van der Waals surface area contributed by atoms with E-state index < -0.39 is 5.41 Å². The molecule has 3 rings (SSSR count). The zero-order chi connectivity index (χ0) is 17.9. The van der Waals surface area contributed by atoms with Crippen molar-refractivity contribution in [1.29, 1.82) is 0 Å². The molecule has 5 nitrogen and oxygen atoms in total. The van der Waals surface area contributed by atoms with Gasteiger partial charge in [0.2, 0.25) is 11.8 Å². The van der Waals surface area contributed by atoms with Gasteiger partial charge in [0, 0.05) is 17.3 Å². The third kappa shape index (κ3) is 3.94. The van der Waals surface area contributed by atoms with E-state index in [4.69, 9.17) is 16.3 Å². The van der Waals surface area contributed by atoms with Crippen molar-refractivity contribution in [3.8, 4) is 5.75 Å². The van der Waals surface area contributed by atoms with Crippen molar-refractivity contribution in [3.63, 3.8) is 0 Å². The van der Waals surface area contributed by atoms with E-state index in [1.54, 1.807) is 31.4 Å².